The van der Waals surface area contributed by atoms with Crippen molar-refractivity contribution in [2.45, 2.75) is 40.2 Å². The lowest BCUT2D eigenvalue weighted by atomic mass is 9.96. The zero-order chi connectivity index (χ0) is 24.1. The molecule has 2 heterocycles. The quantitative estimate of drug-likeness (QED) is 0.520. The van der Waals surface area contributed by atoms with Gasteiger partial charge in [-0.2, -0.15) is 4.98 Å². The van der Waals surface area contributed by atoms with E-state index in [4.69, 9.17) is 9.26 Å². The number of aryl methyl sites for hydroxylation is 2. The van der Waals surface area contributed by atoms with Gasteiger partial charge in [0.25, 0.3) is 0 Å². The number of aromatic nitrogens is 2. The molecule has 1 aliphatic rings. The molecule has 2 aromatic carbocycles. The minimum atomic E-state index is -0.397. The summed E-state index contributed by atoms with van der Waals surface area (Å²) in [5, 5.41) is 7.15. The number of carbonyl (C=O) groups is 2. The Kier molecular flexibility index (Phi) is 7.37. The van der Waals surface area contributed by atoms with E-state index < -0.39 is 5.97 Å². The lowest BCUT2D eigenvalue weighted by molar-refractivity contribution is -0.121. The number of amides is 1. The van der Waals surface area contributed by atoms with E-state index in [2.05, 4.69) is 20.4 Å². The molecule has 8 nitrogen and oxygen atoms in total. The number of nitrogens with zero attached hydrogens (tertiary/aromatic N) is 3. The molecule has 1 fully saturated rings. The Morgan fingerprint density at radius 1 is 1.18 bits per heavy atom. The van der Waals surface area contributed by atoms with Gasteiger partial charge in [-0.05, 0) is 63.4 Å². The summed E-state index contributed by atoms with van der Waals surface area (Å²) in [6.45, 7) is 7.96. The van der Waals surface area contributed by atoms with E-state index in [0.717, 1.165) is 36.1 Å². The summed E-state index contributed by atoms with van der Waals surface area (Å²) in [5.74, 6) is 0.498. The van der Waals surface area contributed by atoms with E-state index in [1.807, 2.05) is 44.2 Å². The van der Waals surface area contributed by atoms with Crippen molar-refractivity contribution < 1.29 is 18.8 Å². The van der Waals surface area contributed by atoms with Crippen LogP contribution >= 0.6 is 0 Å². The van der Waals surface area contributed by atoms with Crippen LogP contribution in [0.2, 0.25) is 0 Å². The van der Waals surface area contributed by atoms with Gasteiger partial charge in [-0.15, -0.1) is 0 Å². The van der Waals surface area contributed by atoms with E-state index in [9.17, 15) is 9.59 Å². The highest BCUT2D eigenvalue weighted by atomic mass is 16.5. The third-order valence-electron chi connectivity index (χ3n) is 6.10. The van der Waals surface area contributed by atoms with E-state index in [1.165, 1.54) is 0 Å². The summed E-state index contributed by atoms with van der Waals surface area (Å²) in [7, 11) is 0. The molecule has 0 aliphatic carbocycles. The van der Waals surface area contributed by atoms with Crippen LogP contribution in [-0.4, -0.2) is 46.6 Å². The fourth-order valence-electron chi connectivity index (χ4n) is 4.19. The molecule has 1 N–H and O–H groups in total. The number of likely N-dealkylation sites (tertiary alicyclic amines) is 1. The number of benzene rings is 2. The topological polar surface area (TPSA) is 97.6 Å². The van der Waals surface area contributed by atoms with Gasteiger partial charge in [-0.1, -0.05) is 35.5 Å². The van der Waals surface area contributed by atoms with Crippen LogP contribution in [0.15, 0.2) is 47.0 Å². The number of anilines is 1. The predicted octanol–water partition coefficient (Wildman–Crippen LogP) is 4.38. The molecule has 178 valence electrons. The van der Waals surface area contributed by atoms with Crippen LogP contribution in [0.3, 0.4) is 0 Å². The molecule has 34 heavy (non-hydrogen) atoms. The van der Waals surface area contributed by atoms with Crippen LogP contribution in [0.5, 0.6) is 0 Å². The minimum absolute atomic E-state index is 0.0556. The molecular formula is C26H30N4O4. The van der Waals surface area contributed by atoms with Gasteiger partial charge < -0.3 is 14.6 Å². The first-order chi connectivity index (χ1) is 16.4. The molecule has 0 radical (unpaired) electrons. The SMILES string of the molecule is CCOC(=O)c1ccc(C)c(NC(=O)C2CCCN(Cc3nc(-c4ccccc4C)no3)C2)c1. The number of piperidine rings is 1. The maximum absolute atomic E-state index is 13.0. The molecule has 1 aliphatic heterocycles. The smallest absolute Gasteiger partial charge is 0.338 e. The molecule has 1 amide bonds. The molecular weight excluding hydrogens is 432 g/mol. The highest BCUT2D eigenvalue weighted by Crippen LogP contribution is 2.24. The molecule has 1 saturated heterocycles. The first-order valence-corrected chi connectivity index (χ1v) is 11.6. The molecule has 1 unspecified atom stereocenters. The van der Waals surface area contributed by atoms with Gasteiger partial charge in [0.15, 0.2) is 0 Å². The van der Waals surface area contributed by atoms with Gasteiger partial charge in [0.05, 0.1) is 24.6 Å². The fourth-order valence-corrected chi connectivity index (χ4v) is 4.19. The Morgan fingerprint density at radius 2 is 2.00 bits per heavy atom. The van der Waals surface area contributed by atoms with E-state index in [-0.39, 0.29) is 11.8 Å². The maximum atomic E-state index is 13.0. The molecule has 1 atom stereocenters. The van der Waals surface area contributed by atoms with Crippen molar-refractivity contribution in [3.63, 3.8) is 0 Å². The number of nitrogens with one attached hydrogen (secondary N) is 1. The van der Waals surface area contributed by atoms with Crippen LogP contribution in [0.25, 0.3) is 11.4 Å². The average molecular weight is 463 g/mol. The van der Waals surface area contributed by atoms with Gasteiger partial charge >= 0.3 is 5.97 Å². The zero-order valence-electron chi connectivity index (χ0n) is 19.8. The Hall–Kier alpha value is -3.52. The minimum Gasteiger partial charge on any atom is -0.462 e. The van der Waals surface area contributed by atoms with Crippen LogP contribution < -0.4 is 5.32 Å². The van der Waals surface area contributed by atoms with Crippen molar-refractivity contribution in [3.8, 4) is 11.4 Å². The third-order valence-corrected chi connectivity index (χ3v) is 6.10. The molecule has 0 saturated carbocycles. The number of carbonyl (C=O) groups excluding carboxylic acids is 2. The third kappa shape index (κ3) is 5.51. The first kappa shape index (κ1) is 23.6. The predicted molar refractivity (Wildman–Crippen MR) is 128 cm³/mol. The van der Waals surface area contributed by atoms with E-state index >= 15 is 0 Å². The number of ether oxygens (including phenoxy) is 1. The largest absolute Gasteiger partial charge is 0.462 e. The van der Waals surface area contributed by atoms with Gasteiger partial charge in [0, 0.05) is 17.8 Å². The number of hydrogen-bond acceptors (Lipinski definition) is 7. The summed E-state index contributed by atoms with van der Waals surface area (Å²) in [4.78, 5) is 31.8. The lowest BCUT2D eigenvalue weighted by Gasteiger charge is -2.31. The summed E-state index contributed by atoms with van der Waals surface area (Å²) >= 11 is 0. The number of hydrogen-bond donors (Lipinski definition) is 1. The van der Waals surface area contributed by atoms with Gasteiger partial charge in [0.2, 0.25) is 17.6 Å². The van der Waals surface area contributed by atoms with Crippen molar-refractivity contribution in [2.75, 3.05) is 25.0 Å². The van der Waals surface area contributed by atoms with Gasteiger partial charge in [-0.25, -0.2) is 4.79 Å². The van der Waals surface area contributed by atoms with Crippen LogP contribution in [-0.2, 0) is 16.1 Å². The first-order valence-electron chi connectivity index (χ1n) is 11.6. The summed E-state index contributed by atoms with van der Waals surface area (Å²) < 4.78 is 10.6. The second-order valence-electron chi connectivity index (χ2n) is 8.64. The fraction of sp³-hybridized carbons (Fsp3) is 0.385. The Balaban J connectivity index is 1.39. The highest BCUT2D eigenvalue weighted by molar-refractivity contribution is 5.96. The Morgan fingerprint density at radius 3 is 2.79 bits per heavy atom. The summed E-state index contributed by atoms with van der Waals surface area (Å²) in [6, 6.07) is 13.1. The second-order valence-corrected chi connectivity index (χ2v) is 8.64. The van der Waals surface area contributed by atoms with Crippen molar-refractivity contribution in [3.05, 3.63) is 65.0 Å². The van der Waals surface area contributed by atoms with E-state index in [1.54, 1.807) is 19.1 Å². The van der Waals surface area contributed by atoms with Crippen LogP contribution in [0.1, 0.15) is 47.1 Å². The van der Waals surface area contributed by atoms with Gasteiger partial charge in [-0.3, -0.25) is 9.69 Å². The standard InChI is InChI=1S/C26H30N4O4/c1-4-33-26(32)19-12-11-18(3)22(14-19)27-25(31)20-9-7-13-30(15-20)16-23-28-24(29-34-23)21-10-6-5-8-17(21)2/h5-6,8,10-12,14,20H,4,7,9,13,15-16H2,1-3H3,(H,27,31). The monoisotopic (exact) mass is 462 g/mol. The molecule has 0 bridgehead atoms. The maximum Gasteiger partial charge on any atom is 0.338 e. The van der Waals surface area contributed by atoms with Crippen molar-refractivity contribution in [1.29, 1.82) is 0 Å². The second kappa shape index (κ2) is 10.6. The Bertz CT molecular complexity index is 1170. The van der Waals surface area contributed by atoms with Crippen molar-refractivity contribution >= 4 is 17.6 Å². The summed E-state index contributed by atoms with van der Waals surface area (Å²) in [5.41, 5.74) is 3.99. The zero-order valence-corrected chi connectivity index (χ0v) is 19.8. The summed E-state index contributed by atoms with van der Waals surface area (Å²) in [6.07, 6.45) is 1.70. The molecule has 4 rings (SSSR count). The van der Waals surface area contributed by atoms with Crippen LogP contribution in [0, 0.1) is 19.8 Å². The van der Waals surface area contributed by atoms with Crippen molar-refractivity contribution in [2.24, 2.45) is 5.92 Å². The number of esters is 1. The van der Waals surface area contributed by atoms with E-state index in [0.29, 0.717) is 42.7 Å². The van der Waals surface area contributed by atoms with Crippen LogP contribution in [0.4, 0.5) is 5.69 Å². The number of rotatable bonds is 7. The molecule has 1 aromatic heterocycles. The lowest BCUT2D eigenvalue weighted by Crippen LogP contribution is -2.40. The van der Waals surface area contributed by atoms with Crippen molar-refractivity contribution in [1.82, 2.24) is 15.0 Å². The van der Waals surface area contributed by atoms with Gasteiger partial charge in [0.1, 0.15) is 0 Å². The molecule has 8 heteroatoms. The molecule has 0 spiro atoms. The normalized spacial score (nSPS) is 16.3. The molecule has 3 aromatic rings. The highest BCUT2D eigenvalue weighted by Gasteiger charge is 2.27. The Labute approximate surface area is 199 Å². The average Bonchev–Trinajstić information content (AvgIpc) is 3.29.